The third-order valence-electron chi connectivity index (χ3n) is 4.57. The van der Waals surface area contributed by atoms with Crippen molar-refractivity contribution >= 4 is 21.7 Å². The van der Waals surface area contributed by atoms with E-state index in [-0.39, 0.29) is 36.5 Å². The Kier molecular flexibility index (Phi) is 5.92. The van der Waals surface area contributed by atoms with Crippen LogP contribution in [0.4, 0.5) is 10.1 Å². The maximum atomic E-state index is 14.2. The van der Waals surface area contributed by atoms with E-state index in [9.17, 15) is 17.6 Å². The zero-order valence-corrected chi connectivity index (χ0v) is 16.4. The predicted octanol–water partition coefficient (Wildman–Crippen LogP) is 1.97. The van der Waals surface area contributed by atoms with Gasteiger partial charge >= 0.3 is 5.97 Å². The third kappa shape index (κ3) is 4.13. The topological polar surface area (TPSA) is 100 Å². The van der Waals surface area contributed by atoms with Gasteiger partial charge in [0.25, 0.3) is 0 Å². The highest BCUT2D eigenvalue weighted by atomic mass is 32.2. The lowest BCUT2D eigenvalue weighted by Crippen LogP contribution is -2.42. The fourth-order valence-corrected chi connectivity index (χ4v) is 4.79. The molecule has 1 aromatic carbocycles. The minimum absolute atomic E-state index is 0.0533. The van der Waals surface area contributed by atoms with Crippen LogP contribution in [0.15, 0.2) is 29.8 Å². The number of esters is 1. The van der Waals surface area contributed by atoms with Crippen molar-refractivity contribution < 1.29 is 36.6 Å². The fraction of sp³-hybridized carbons (Fsp3) is 0.500. The largest absolute Gasteiger partial charge is 0.497 e. The van der Waals surface area contributed by atoms with Crippen molar-refractivity contribution in [3.8, 4) is 5.75 Å². The normalized spacial score (nSPS) is 21.2. The zero-order chi connectivity index (χ0) is 20.4. The van der Waals surface area contributed by atoms with E-state index >= 15 is 0 Å². The van der Waals surface area contributed by atoms with Gasteiger partial charge in [0.1, 0.15) is 11.0 Å². The van der Waals surface area contributed by atoms with Gasteiger partial charge in [-0.05, 0) is 31.6 Å². The number of nitrogens with one attached hydrogen (secondary N) is 1. The number of carbonyl (C=O) groups excluding carboxylic acids is 1. The number of ether oxygens (including phenoxy) is 4. The molecule has 0 aromatic heterocycles. The number of hydrogen-bond acceptors (Lipinski definition) is 7. The maximum absolute atomic E-state index is 14.2. The van der Waals surface area contributed by atoms with E-state index < -0.39 is 32.8 Å². The Bertz CT molecular complexity index is 878. The molecular formula is C18H22FNO7S. The Morgan fingerprint density at radius 2 is 2.07 bits per heavy atom. The summed E-state index contributed by atoms with van der Waals surface area (Å²) >= 11 is 0. The highest BCUT2D eigenvalue weighted by Crippen LogP contribution is 2.37. The fourth-order valence-electron chi connectivity index (χ4n) is 3.25. The van der Waals surface area contributed by atoms with Crippen molar-refractivity contribution in [1.82, 2.24) is 0 Å². The van der Waals surface area contributed by atoms with Crippen molar-refractivity contribution in [1.29, 1.82) is 0 Å². The van der Waals surface area contributed by atoms with Crippen LogP contribution in [0.2, 0.25) is 0 Å². The van der Waals surface area contributed by atoms with Gasteiger partial charge < -0.3 is 18.9 Å². The maximum Gasteiger partial charge on any atom is 0.335 e. The Morgan fingerprint density at radius 1 is 1.36 bits per heavy atom. The number of sulfonamides is 1. The number of halogens is 1. The first kappa shape index (κ1) is 20.6. The summed E-state index contributed by atoms with van der Waals surface area (Å²) in [6.07, 6.45) is 1.67. The lowest BCUT2D eigenvalue weighted by Gasteiger charge is -2.33. The van der Waals surface area contributed by atoms with Gasteiger partial charge in [-0.1, -0.05) is 0 Å². The smallest absolute Gasteiger partial charge is 0.335 e. The molecule has 1 spiro atoms. The summed E-state index contributed by atoms with van der Waals surface area (Å²) in [4.78, 5) is 12.4. The zero-order valence-electron chi connectivity index (χ0n) is 15.6. The molecule has 1 aliphatic heterocycles. The summed E-state index contributed by atoms with van der Waals surface area (Å²) in [5, 5.41) is -1.23. The summed E-state index contributed by atoms with van der Waals surface area (Å²) in [5.74, 6) is -2.44. The Morgan fingerprint density at radius 3 is 2.68 bits per heavy atom. The molecule has 8 nitrogen and oxygen atoms in total. The van der Waals surface area contributed by atoms with Crippen LogP contribution in [-0.4, -0.2) is 52.4 Å². The van der Waals surface area contributed by atoms with E-state index in [2.05, 4.69) is 4.72 Å². The van der Waals surface area contributed by atoms with Crippen LogP contribution in [0.5, 0.6) is 5.75 Å². The van der Waals surface area contributed by atoms with Gasteiger partial charge in [-0.3, -0.25) is 4.72 Å². The molecule has 1 saturated heterocycles. The van der Waals surface area contributed by atoms with Crippen LogP contribution in [0.1, 0.15) is 19.8 Å². The van der Waals surface area contributed by atoms with E-state index in [1.54, 1.807) is 6.92 Å². The van der Waals surface area contributed by atoms with Gasteiger partial charge in [-0.15, -0.1) is 0 Å². The first-order chi connectivity index (χ1) is 13.3. The van der Waals surface area contributed by atoms with Gasteiger partial charge in [0.2, 0.25) is 10.0 Å². The molecule has 2 aliphatic rings. The van der Waals surface area contributed by atoms with Crippen LogP contribution >= 0.6 is 0 Å². The quantitative estimate of drug-likeness (QED) is 0.709. The molecule has 0 bridgehead atoms. The van der Waals surface area contributed by atoms with Crippen LogP contribution in [0.3, 0.4) is 0 Å². The molecule has 1 aromatic rings. The van der Waals surface area contributed by atoms with Gasteiger partial charge in [0.05, 0.1) is 38.2 Å². The Hall–Kier alpha value is -2.17. The van der Waals surface area contributed by atoms with Crippen molar-refractivity contribution in [2.24, 2.45) is 0 Å². The summed E-state index contributed by atoms with van der Waals surface area (Å²) < 4.78 is 63.4. The van der Waals surface area contributed by atoms with Crippen molar-refractivity contribution in [3.05, 3.63) is 35.7 Å². The number of rotatable bonds is 6. The molecule has 10 heteroatoms. The average molecular weight is 415 g/mol. The summed E-state index contributed by atoms with van der Waals surface area (Å²) in [5.41, 5.74) is -0.325. The minimum Gasteiger partial charge on any atom is -0.497 e. The Balaban J connectivity index is 1.91. The van der Waals surface area contributed by atoms with Crippen molar-refractivity contribution in [2.75, 3.05) is 31.7 Å². The van der Waals surface area contributed by atoms with E-state index in [1.165, 1.54) is 25.3 Å². The molecule has 3 rings (SSSR count). The van der Waals surface area contributed by atoms with Crippen LogP contribution in [0, 0.1) is 5.82 Å². The van der Waals surface area contributed by atoms with Gasteiger partial charge in [0, 0.05) is 12.5 Å². The highest BCUT2D eigenvalue weighted by molar-refractivity contribution is 7.93. The van der Waals surface area contributed by atoms with E-state index in [0.717, 1.165) is 6.07 Å². The SMILES string of the molecule is CCOC(=O)C1=CC2(CCC1S(=O)(=O)Nc1ccc(OC)cc1F)OCCO2. The summed E-state index contributed by atoms with van der Waals surface area (Å²) in [7, 11) is -2.77. The monoisotopic (exact) mass is 415 g/mol. The molecule has 1 atom stereocenters. The van der Waals surface area contributed by atoms with E-state index in [4.69, 9.17) is 18.9 Å². The molecule has 1 fully saturated rings. The molecular weight excluding hydrogens is 393 g/mol. The summed E-state index contributed by atoms with van der Waals surface area (Å²) in [6, 6.07) is 3.75. The summed E-state index contributed by atoms with van der Waals surface area (Å²) in [6.45, 7) is 2.39. The predicted molar refractivity (Wildman–Crippen MR) is 97.9 cm³/mol. The first-order valence-corrected chi connectivity index (χ1v) is 10.4. The van der Waals surface area contributed by atoms with Gasteiger partial charge in [-0.2, -0.15) is 0 Å². The first-order valence-electron chi connectivity index (χ1n) is 8.83. The molecule has 0 saturated carbocycles. The minimum atomic E-state index is -4.15. The van der Waals surface area contributed by atoms with Crippen LogP contribution in [0.25, 0.3) is 0 Å². The molecule has 0 radical (unpaired) electrons. The van der Waals surface area contributed by atoms with Crippen LogP contribution < -0.4 is 9.46 Å². The molecule has 1 unspecified atom stereocenters. The standard InChI is InChI=1S/C18H22FNO7S/c1-3-25-17(21)13-11-18(26-8-9-27-18)7-6-16(13)28(22,23)20-15-5-4-12(24-2)10-14(15)19/h4-5,10-11,16,20H,3,6-9H2,1-2H3. The molecule has 1 aliphatic carbocycles. The second-order valence-electron chi connectivity index (χ2n) is 6.35. The Labute approximate surface area is 162 Å². The molecule has 154 valence electrons. The second-order valence-corrected chi connectivity index (χ2v) is 8.21. The average Bonchev–Trinajstić information content (AvgIpc) is 3.11. The van der Waals surface area contributed by atoms with E-state index in [1.807, 2.05) is 0 Å². The van der Waals surface area contributed by atoms with Gasteiger partial charge in [-0.25, -0.2) is 17.6 Å². The number of benzene rings is 1. The molecule has 1 heterocycles. The molecule has 1 N–H and O–H groups in total. The number of anilines is 1. The number of carbonyl (C=O) groups is 1. The van der Waals surface area contributed by atoms with E-state index in [0.29, 0.717) is 13.2 Å². The molecule has 0 amide bonds. The van der Waals surface area contributed by atoms with Gasteiger partial charge in [0.15, 0.2) is 11.6 Å². The van der Waals surface area contributed by atoms with Crippen molar-refractivity contribution in [3.63, 3.8) is 0 Å². The molecule has 28 heavy (non-hydrogen) atoms. The lowest BCUT2D eigenvalue weighted by molar-refractivity contribution is -0.143. The number of hydrogen-bond donors (Lipinski definition) is 1. The van der Waals surface area contributed by atoms with Crippen LogP contribution in [-0.2, 0) is 29.0 Å². The lowest BCUT2D eigenvalue weighted by atomic mass is 9.94. The van der Waals surface area contributed by atoms with Crippen molar-refractivity contribution in [2.45, 2.75) is 30.8 Å². The number of methoxy groups -OCH3 is 1. The second kappa shape index (κ2) is 8.06. The third-order valence-corrected chi connectivity index (χ3v) is 6.31. The highest BCUT2D eigenvalue weighted by Gasteiger charge is 2.46.